The number of hydrogen-bond donors (Lipinski definition) is 2. The van der Waals surface area contributed by atoms with Crippen molar-refractivity contribution >= 4 is 17.2 Å². The number of hydrogen-bond acceptors (Lipinski definition) is 4. The lowest BCUT2D eigenvalue weighted by molar-refractivity contribution is 0.0993. The lowest BCUT2D eigenvalue weighted by atomic mass is 10.2. The zero-order chi connectivity index (χ0) is 13.0. The molecule has 0 radical (unpaired) electrons. The average Bonchev–Trinajstić information content (AvgIpc) is 2.90. The van der Waals surface area contributed by atoms with Gasteiger partial charge in [0.1, 0.15) is 11.9 Å². The SMILES string of the molecule is NCC(Oc1ccccc1C(N)=O)c1cccs1. The van der Waals surface area contributed by atoms with Gasteiger partial charge in [-0.15, -0.1) is 11.3 Å². The molecule has 1 heterocycles. The van der Waals surface area contributed by atoms with E-state index in [1.807, 2.05) is 17.5 Å². The highest BCUT2D eigenvalue weighted by atomic mass is 32.1. The first-order chi connectivity index (χ1) is 8.72. The van der Waals surface area contributed by atoms with Crippen molar-refractivity contribution in [3.63, 3.8) is 0 Å². The molecule has 4 N–H and O–H groups in total. The fourth-order valence-electron chi connectivity index (χ4n) is 1.62. The molecule has 18 heavy (non-hydrogen) atoms. The van der Waals surface area contributed by atoms with Crippen molar-refractivity contribution in [1.82, 2.24) is 0 Å². The summed E-state index contributed by atoms with van der Waals surface area (Å²) in [6, 6.07) is 10.8. The molecule has 2 rings (SSSR count). The Hall–Kier alpha value is -1.85. The molecule has 0 spiro atoms. The van der Waals surface area contributed by atoms with Gasteiger partial charge in [0.25, 0.3) is 5.91 Å². The first-order valence-electron chi connectivity index (χ1n) is 5.51. The van der Waals surface area contributed by atoms with E-state index in [1.165, 1.54) is 0 Å². The van der Waals surface area contributed by atoms with Crippen LogP contribution < -0.4 is 16.2 Å². The van der Waals surface area contributed by atoms with Crippen LogP contribution in [-0.2, 0) is 0 Å². The summed E-state index contributed by atoms with van der Waals surface area (Å²) >= 11 is 1.57. The van der Waals surface area contributed by atoms with Crippen molar-refractivity contribution in [2.24, 2.45) is 11.5 Å². The van der Waals surface area contributed by atoms with E-state index < -0.39 is 5.91 Å². The molecule has 1 atom stereocenters. The maximum Gasteiger partial charge on any atom is 0.252 e. The quantitative estimate of drug-likeness (QED) is 0.864. The smallest absolute Gasteiger partial charge is 0.252 e. The zero-order valence-corrected chi connectivity index (χ0v) is 10.5. The zero-order valence-electron chi connectivity index (χ0n) is 9.71. The molecular formula is C13H14N2O2S. The van der Waals surface area contributed by atoms with Crippen molar-refractivity contribution in [3.8, 4) is 5.75 Å². The predicted molar refractivity (Wildman–Crippen MR) is 71.7 cm³/mol. The first-order valence-corrected chi connectivity index (χ1v) is 6.39. The molecule has 5 heteroatoms. The molecule has 0 saturated heterocycles. The lowest BCUT2D eigenvalue weighted by Crippen LogP contribution is -2.20. The molecule has 1 aromatic carbocycles. The second-order valence-corrected chi connectivity index (χ2v) is 4.70. The summed E-state index contributed by atoms with van der Waals surface area (Å²) in [5, 5.41) is 1.96. The number of carbonyl (C=O) groups is 1. The Labute approximate surface area is 109 Å². The van der Waals surface area contributed by atoms with Crippen molar-refractivity contribution in [1.29, 1.82) is 0 Å². The van der Waals surface area contributed by atoms with Gasteiger partial charge in [0, 0.05) is 11.4 Å². The minimum atomic E-state index is -0.507. The van der Waals surface area contributed by atoms with Gasteiger partial charge < -0.3 is 16.2 Å². The Bertz CT molecular complexity index is 526. The van der Waals surface area contributed by atoms with Gasteiger partial charge in [-0.25, -0.2) is 0 Å². The highest BCUT2D eigenvalue weighted by Gasteiger charge is 2.16. The number of ether oxygens (including phenoxy) is 1. The topological polar surface area (TPSA) is 78.3 Å². The minimum absolute atomic E-state index is 0.259. The van der Waals surface area contributed by atoms with Crippen LogP contribution in [0.5, 0.6) is 5.75 Å². The fourth-order valence-corrected chi connectivity index (χ4v) is 2.39. The normalized spacial score (nSPS) is 12.1. The van der Waals surface area contributed by atoms with Crippen molar-refractivity contribution in [3.05, 3.63) is 52.2 Å². The second kappa shape index (κ2) is 5.66. The van der Waals surface area contributed by atoms with Crippen LogP contribution in [0.3, 0.4) is 0 Å². The van der Waals surface area contributed by atoms with Gasteiger partial charge in [-0.1, -0.05) is 18.2 Å². The number of nitrogens with two attached hydrogens (primary N) is 2. The number of thiophene rings is 1. The molecule has 0 aliphatic carbocycles. The van der Waals surface area contributed by atoms with Crippen molar-refractivity contribution in [2.75, 3.05) is 6.54 Å². The van der Waals surface area contributed by atoms with Crippen LogP contribution in [0.15, 0.2) is 41.8 Å². The molecule has 0 bridgehead atoms. The Morgan fingerprint density at radius 2 is 2.06 bits per heavy atom. The number of primary amides is 1. The van der Waals surface area contributed by atoms with E-state index in [9.17, 15) is 4.79 Å². The molecule has 1 amide bonds. The summed E-state index contributed by atoms with van der Waals surface area (Å²) in [4.78, 5) is 12.3. The third kappa shape index (κ3) is 2.69. The van der Waals surface area contributed by atoms with Crippen LogP contribution in [0.2, 0.25) is 0 Å². The Morgan fingerprint density at radius 1 is 1.28 bits per heavy atom. The van der Waals surface area contributed by atoms with Crippen LogP contribution in [-0.4, -0.2) is 12.5 Å². The number of rotatable bonds is 5. The van der Waals surface area contributed by atoms with Crippen LogP contribution in [0.25, 0.3) is 0 Å². The number of amides is 1. The average molecular weight is 262 g/mol. The van der Waals surface area contributed by atoms with E-state index in [-0.39, 0.29) is 6.10 Å². The van der Waals surface area contributed by atoms with Gasteiger partial charge in [0.15, 0.2) is 0 Å². The predicted octanol–water partition coefficient (Wildman–Crippen LogP) is 1.93. The van der Waals surface area contributed by atoms with Crippen LogP contribution in [0.4, 0.5) is 0 Å². The molecule has 94 valence electrons. The highest BCUT2D eigenvalue weighted by molar-refractivity contribution is 7.10. The molecule has 1 unspecified atom stereocenters. The summed E-state index contributed by atoms with van der Waals surface area (Å²) in [5.41, 5.74) is 11.4. The van der Waals surface area contributed by atoms with Gasteiger partial charge >= 0.3 is 0 Å². The molecule has 4 nitrogen and oxygen atoms in total. The van der Waals surface area contributed by atoms with Gasteiger partial charge in [-0.3, -0.25) is 4.79 Å². The molecule has 0 aliphatic rings. The van der Waals surface area contributed by atoms with Gasteiger partial charge in [0.2, 0.25) is 0 Å². The molecule has 0 aliphatic heterocycles. The van der Waals surface area contributed by atoms with Crippen LogP contribution in [0.1, 0.15) is 21.3 Å². The summed E-state index contributed by atoms with van der Waals surface area (Å²) in [6.07, 6.45) is -0.259. The van der Waals surface area contributed by atoms with E-state index >= 15 is 0 Å². The summed E-state index contributed by atoms with van der Waals surface area (Å²) < 4.78 is 5.79. The Balaban J connectivity index is 2.25. The molecule has 0 fully saturated rings. The maximum absolute atomic E-state index is 11.3. The molecule has 1 aromatic heterocycles. The van der Waals surface area contributed by atoms with Gasteiger partial charge in [-0.2, -0.15) is 0 Å². The third-order valence-corrected chi connectivity index (χ3v) is 3.46. The molecule has 0 saturated carbocycles. The van der Waals surface area contributed by atoms with E-state index in [2.05, 4.69) is 0 Å². The first kappa shape index (κ1) is 12.6. The monoisotopic (exact) mass is 262 g/mol. The number of para-hydroxylation sites is 1. The number of carbonyl (C=O) groups excluding carboxylic acids is 1. The van der Waals surface area contributed by atoms with E-state index in [1.54, 1.807) is 35.6 Å². The fraction of sp³-hybridized carbons (Fsp3) is 0.154. The van der Waals surface area contributed by atoms with E-state index in [4.69, 9.17) is 16.2 Å². The van der Waals surface area contributed by atoms with Crippen LogP contribution >= 0.6 is 11.3 Å². The lowest BCUT2D eigenvalue weighted by Gasteiger charge is -2.17. The van der Waals surface area contributed by atoms with Crippen molar-refractivity contribution in [2.45, 2.75) is 6.10 Å². The van der Waals surface area contributed by atoms with E-state index in [0.29, 0.717) is 17.9 Å². The van der Waals surface area contributed by atoms with Crippen LogP contribution in [0, 0.1) is 0 Å². The minimum Gasteiger partial charge on any atom is -0.483 e. The molecule has 2 aromatic rings. The van der Waals surface area contributed by atoms with Crippen molar-refractivity contribution < 1.29 is 9.53 Å². The van der Waals surface area contributed by atoms with E-state index in [0.717, 1.165) is 4.88 Å². The molecular weight excluding hydrogens is 248 g/mol. The summed E-state index contributed by atoms with van der Waals surface area (Å²) in [7, 11) is 0. The number of benzene rings is 1. The largest absolute Gasteiger partial charge is 0.483 e. The Morgan fingerprint density at radius 3 is 2.67 bits per heavy atom. The Kier molecular flexibility index (Phi) is 3.96. The summed E-state index contributed by atoms with van der Waals surface area (Å²) in [5.74, 6) is -0.0404. The van der Waals surface area contributed by atoms with Gasteiger partial charge in [0.05, 0.1) is 5.56 Å². The maximum atomic E-state index is 11.3. The van der Waals surface area contributed by atoms with Gasteiger partial charge in [-0.05, 0) is 23.6 Å². The highest BCUT2D eigenvalue weighted by Crippen LogP contribution is 2.27. The second-order valence-electron chi connectivity index (χ2n) is 3.72. The summed E-state index contributed by atoms with van der Waals surface area (Å²) in [6.45, 7) is 0.341. The standard InChI is InChI=1S/C13H14N2O2S/c14-8-11(12-6-3-7-18-12)17-10-5-2-1-4-9(10)13(15)16/h1-7,11H,8,14H2,(H2,15,16). The third-order valence-electron chi connectivity index (χ3n) is 2.50.